The fraction of sp³-hybridized carbons (Fsp3) is 0.625. The standard InChI is InChI=1S/C16H24N6O/c1-12-10-13(2)21(19-12)9-8-17-16(23)15-11-22(20-18-15)14-6-4-3-5-7-14/h10-11,14H,3-9H2,1-2H3,(H,17,23). The number of nitrogens with one attached hydrogen (secondary N) is 1. The van der Waals surface area contributed by atoms with Gasteiger partial charge < -0.3 is 5.32 Å². The molecule has 2 aromatic rings. The lowest BCUT2D eigenvalue weighted by Crippen LogP contribution is -2.28. The molecule has 1 amide bonds. The molecule has 0 spiro atoms. The van der Waals surface area contributed by atoms with Crippen molar-refractivity contribution in [2.24, 2.45) is 0 Å². The van der Waals surface area contributed by atoms with Crippen LogP contribution in [0.2, 0.25) is 0 Å². The number of aryl methyl sites for hydroxylation is 2. The van der Waals surface area contributed by atoms with Crippen LogP contribution in [0.4, 0.5) is 0 Å². The van der Waals surface area contributed by atoms with Gasteiger partial charge in [-0.3, -0.25) is 9.48 Å². The minimum absolute atomic E-state index is 0.173. The first-order valence-electron chi connectivity index (χ1n) is 8.34. The van der Waals surface area contributed by atoms with Gasteiger partial charge in [0.1, 0.15) is 0 Å². The normalized spacial score (nSPS) is 15.7. The number of hydrogen-bond acceptors (Lipinski definition) is 4. The fourth-order valence-corrected chi connectivity index (χ4v) is 3.17. The highest BCUT2D eigenvalue weighted by Gasteiger charge is 2.18. The molecule has 2 heterocycles. The van der Waals surface area contributed by atoms with Gasteiger partial charge in [0.25, 0.3) is 5.91 Å². The maximum absolute atomic E-state index is 12.2. The maximum Gasteiger partial charge on any atom is 0.273 e. The van der Waals surface area contributed by atoms with Crippen molar-refractivity contribution in [1.29, 1.82) is 0 Å². The predicted molar refractivity (Wildman–Crippen MR) is 86.2 cm³/mol. The Kier molecular flexibility index (Phi) is 4.73. The number of rotatable bonds is 5. The van der Waals surface area contributed by atoms with E-state index in [0.29, 0.717) is 24.8 Å². The van der Waals surface area contributed by atoms with Crippen LogP contribution in [0.5, 0.6) is 0 Å². The Balaban J connectivity index is 1.52. The zero-order valence-electron chi connectivity index (χ0n) is 13.8. The molecule has 1 fully saturated rings. The van der Waals surface area contributed by atoms with E-state index in [0.717, 1.165) is 24.2 Å². The number of nitrogens with zero attached hydrogens (tertiary/aromatic N) is 5. The van der Waals surface area contributed by atoms with Crippen molar-refractivity contribution in [3.63, 3.8) is 0 Å². The highest BCUT2D eigenvalue weighted by Crippen LogP contribution is 2.27. The highest BCUT2D eigenvalue weighted by atomic mass is 16.2. The Hall–Kier alpha value is -2.18. The van der Waals surface area contributed by atoms with E-state index in [9.17, 15) is 4.79 Å². The second-order valence-corrected chi connectivity index (χ2v) is 6.28. The number of carbonyl (C=O) groups excluding carboxylic acids is 1. The molecule has 23 heavy (non-hydrogen) atoms. The van der Waals surface area contributed by atoms with Gasteiger partial charge in [0, 0.05) is 12.2 Å². The first kappa shape index (κ1) is 15.7. The van der Waals surface area contributed by atoms with E-state index in [4.69, 9.17) is 0 Å². The van der Waals surface area contributed by atoms with Gasteiger partial charge in [0.05, 0.1) is 24.5 Å². The number of aromatic nitrogens is 5. The summed E-state index contributed by atoms with van der Waals surface area (Å²) in [4.78, 5) is 12.2. The number of amides is 1. The second kappa shape index (κ2) is 6.93. The van der Waals surface area contributed by atoms with Crippen molar-refractivity contribution in [2.75, 3.05) is 6.54 Å². The lowest BCUT2D eigenvalue weighted by atomic mass is 9.96. The molecule has 3 rings (SSSR count). The zero-order chi connectivity index (χ0) is 16.2. The van der Waals surface area contributed by atoms with E-state index in [1.54, 1.807) is 6.20 Å². The smallest absolute Gasteiger partial charge is 0.273 e. The van der Waals surface area contributed by atoms with Gasteiger partial charge in [-0.1, -0.05) is 24.5 Å². The molecule has 0 aliphatic heterocycles. The van der Waals surface area contributed by atoms with Crippen molar-refractivity contribution in [3.8, 4) is 0 Å². The summed E-state index contributed by atoms with van der Waals surface area (Å²) < 4.78 is 3.75. The van der Waals surface area contributed by atoms with Crippen molar-refractivity contribution in [2.45, 2.75) is 58.5 Å². The van der Waals surface area contributed by atoms with Gasteiger partial charge in [0.2, 0.25) is 0 Å². The number of carbonyl (C=O) groups is 1. The summed E-state index contributed by atoms with van der Waals surface area (Å²) in [5.74, 6) is -0.173. The fourth-order valence-electron chi connectivity index (χ4n) is 3.17. The molecule has 0 unspecified atom stereocenters. The Morgan fingerprint density at radius 2 is 2.09 bits per heavy atom. The molecular weight excluding hydrogens is 292 g/mol. The van der Waals surface area contributed by atoms with Gasteiger partial charge in [-0.2, -0.15) is 5.10 Å². The van der Waals surface area contributed by atoms with E-state index >= 15 is 0 Å². The Morgan fingerprint density at radius 1 is 1.30 bits per heavy atom. The molecule has 1 aliphatic rings. The largest absolute Gasteiger partial charge is 0.349 e. The minimum atomic E-state index is -0.173. The first-order valence-corrected chi connectivity index (χ1v) is 8.34. The molecule has 124 valence electrons. The average molecular weight is 316 g/mol. The van der Waals surface area contributed by atoms with Gasteiger partial charge in [-0.15, -0.1) is 5.10 Å². The van der Waals surface area contributed by atoms with E-state index < -0.39 is 0 Å². The zero-order valence-corrected chi connectivity index (χ0v) is 13.8. The summed E-state index contributed by atoms with van der Waals surface area (Å²) in [5, 5.41) is 15.4. The molecular formula is C16H24N6O. The predicted octanol–water partition coefficient (Wildman–Crippen LogP) is 2.03. The van der Waals surface area contributed by atoms with Crippen molar-refractivity contribution in [3.05, 3.63) is 29.3 Å². The lowest BCUT2D eigenvalue weighted by Gasteiger charge is -2.20. The highest BCUT2D eigenvalue weighted by molar-refractivity contribution is 5.91. The quantitative estimate of drug-likeness (QED) is 0.915. The summed E-state index contributed by atoms with van der Waals surface area (Å²) in [6.07, 6.45) is 7.79. The molecule has 1 N–H and O–H groups in total. The van der Waals surface area contributed by atoms with Gasteiger partial charge in [-0.05, 0) is 32.8 Å². The third kappa shape index (κ3) is 3.78. The van der Waals surface area contributed by atoms with Gasteiger partial charge >= 0.3 is 0 Å². The summed E-state index contributed by atoms with van der Waals surface area (Å²) in [6.45, 7) is 5.16. The molecule has 0 bridgehead atoms. The van der Waals surface area contributed by atoms with Crippen LogP contribution < -0.4 is 5.32 Å². The van der Waals surface area contributed by atoms with Crippen LogP contribution in [0.25, 0.3) is 0 Å². The van der Waals surface area contributed by atoms with E-state index in [-0.39, 0.29) is 5.91 Å². The van der Waals surface area contributed by atoms with Crippen LogP contribution >= 0.6 is 0 Å². The molecule has 1 saturated carbocycles. The molecule has 7 nitrogen and oxygen atoms in total. The van der Waals surface area contributed by atoms with Crippen molar-refractivity contribution < 1.29 is 4.79 Å². The first-order chi connectivity index (χ1) is 11.1. The van der Waals surface area contributed by atoms with Gasteiger partial charge in [0.15, 0.2) is 5.69 Å². The van der Waals surface area contributed by atoms with Crippen LogP contribution in [-0.4, -0.2) is 37.2 Å². The van der Waals surface area contributed by atoms with E-state index in [1.807, 2.05) is 29.3 Å². The minimum Gasteiger partial charge on any atom is -0.349 e. The molecule has 2 aromatic heterocycles. The van der Waals surface area contributed by atoms with Crippen LogP contribution in [0.1, 0.15) is 60.0 Å². The molecule has 0 atom stereocenters. The Bertz CT molecular complexity index is 668. The van der Waals surface area contributed by atoms with Gasteiger partial charge in [-0.25, -0.2) is 4.68 Å². The maximum atomic E-state index is 12.2. The summed E-state index contributed by atoms with van der Waals surface area (Å²) in [5.41, 5.74) is 2.48. The van der Waals surface area contributed by atoms with Crippen LogP contribution in [0.15, 0.2) is 12.3 Å². The SMILES string of the molecule is Cc1cc(C)n(CCNC(=O)c2cn(C3CCCCC3)nn2)n1. The van der Waals surface area contributed by atoms with Crippen molar-refractivity contribution >= 4 is 5.91 Å². The molecule has 0 aromatic carbocycles. The van der Waals surface area contributed by atoms with Crippen LogP contribution in [0.3, 0.4) is 0 Å². The topological polar surface area (TPSA) is 77.6 Å². The average Bonchev–Trinajstić information content (AvgIpc) is 3.15. The van der Waals surface area contributed by atoms with E-state index in [2.05, 4.69) is 20.7 Å². The number of hydrogen-bond donors (Lipinski definition) is 1. The van der Waals surface area contributed by atoms with E-state index in [1.165, 1.54) is 19.3 Å². The Morgan fingerprint density at radius 3 is 2.78 bits per heavy atom. The van der Waals surface area contributed by atoms with Crippen LogP contribution in [-0.2, 0) is 6.54 Å². The second-order valence-electron chi connectivity index (χ2n) is 6.28. The third-order valence-electron chi connectivity index (χ3n) is 4.40. The summed E-state index contributed by atoms with van der Waals surface area (Å²) in [7, 11) is 0. The molecule has 0 saturated heterocycles. The Labute approximate surface area is 136 Å². The molecule has 1 aliphatic carbocycles. The molecule has 0 radical (unpaired) electrons. The third-order valence-corrected chi connectivity index (χ3v) is 4.40. The summed E-state index contributed by atoms with van der Waals surface area (Å²) >= 11 is 0. The lowest BCUT2D eigenvalue weighted by molar-refractivity contribution is 0.0946. The molecule has 7 heteroatoms. The van der Waals surface area contributed by atoms with Crippen LogP contribution in [0, 0.1) is 13.8 Å². The van der Waals surface area contributed by atoms with Crippen molar-refractivity contribution in [1.82, 2.24) is 30.1 Å². The summed E-state index contributed by atoms with van der Waals surface area (Å²) in [6, 6.07) is 2.42. The monoisotopic (exact) mass is 316 g/mol.